The van der Waals surface area contributed by atoms with Crippen molar-refractivity contribution in [3.8, 4) is 11.5 Å². The summed E-state index contributed by atoms with van der Waals surface area (Å²) in [5.41, 5.74) is -1.01. The van der Waals surface area contributed by atoms with Crippen LogP contribution in [0, 0.1) is 5.82 Å². The highest BCUT2D eigenvalue weighted by atomic mass is 19.1. The molecule has 0 bridgehead atoms. The van der Waals surface area contributed by atoms with E-state index in [9.17, 15) is 14.3 Å². The van der Waals surface area contributed by atoms with Gasteiger partial charge >= 0.3 is 5.97 Å². The molecule has 0 amide bonds. The lowest BCUT2D eigenvalue weighted by Gasteiger charge is -2.27. The molecule has 1 N–H and O–H groups in total. The second-order valence-electron chi connectivity index (χ2n) is 5.39. The first-order valence-electron chi connectivity index (χ1n) is 6.97. The second kappa shape index (κ2) is 4.96. The van der Waals surface area contributed by atoms with Crippen molar-refractivity contribution < 1.29 is 23.8 Å². The molecule has 20 heavy (non-hydrogen) atoms. The molecule has 4 nitrogen and oxygen atoms in total. The first-order valence-corrected chi connectivity index (χ1v) is 6.97. The van der Waals surface area contributed by atoms with Gasteiger partial charge in [-0.05, 0) is 25.0 Å². The zero-order chi connectivity index (χ0) is 14.2. The van der Waals surface area contributed by atoms with Gasteiger partial charge in [0.1, 0.15) is 5.82 Å². The summed E-state index contributed by atoms with van der Waals surface area (Å²) in [5, 5.41) is 9.65. The zero-order valence-corrected chi connectivity index (χ0v) is 11.2. The third-order valence-electron chi connectivity index (χ3n) is 4.21. The van der Waals surface area contributed by atoms with E-state index in [1.54, 1.807) is 0 Å². The maximum atomic E-state index is 14.4. The number of carbonyl (C=O) groups is 1. The van der Waals surface area contributed by atoms with Crippen LogP contribution in [-0.4, -0.2) is 24.3 Å². The molecule has 1 fully saturated rings. The van der Waals surface area contributed by atoms with E-state index < -0.39 is 17.2 Å². The van der Waals surface area contributed by atoms with E-state index in [-0.39, 0.29) is 11.3 Å². The number of ether oxygens (including phenoxy) is 2. The van der Waals surface area contributed by atoms with E-state index in [1.165, 1.54) is 12.1 Å². The van der Waals surface area contributed by atoms with Crippen molar-refractivity contribution in [1.82, 2.24) is 0 Å². The van der Waals surface area contributed by atoms with Crippen LogP contribution in [0.4, 0.5) is 4.39 Å². The van der Waals surface area contributed by atoms with Gasteiger partial charge in [0.2, 0.25) is 0 Å². The van der Waals surface area contributed by atoms with E-state index in [0.717, 1.165) is 12.8 Å². The molecule has 0 radical (unpaired) electrons. The number of fused-ring (bicyclic) bond motifs is 1. The predicted molar refractivity (Wildman–Crippen MR) is 69.8 cm³/mol. The van der Waals surface area contributed by atoms with Crippen LogP contribution in [0.1, 0.15) is 37.7 Å². The molecule has 1 saturated carbocycles. The molecule has 0 atom stereocenters. The number of rotatable bonds is 2. The van der Waals surface area contributed by atoms with Crippen LogP contribution < -0.4 is 9.47 Å². The summed E-state index contributed by atoms with van der Waals surface area (Å²) in [5.74, 6) is -0.757. The number of hydrogen-bond acceptors (Lipinski definition) is 3. The Labute approximate surface area is 116 Å². The third kappa shape index (κ3) is 1.92. The van der Waals surface area contributed by atoms with Gasteiger partial charge in [-0.1, -0.05) is 12.8 Å². The van der Waals surface area contributed by atoms with E-state index >= 15 is 0 Å². The maximum Gasteiger partial charge on any atom is 0.314 e. The van der Waals surface area contributed by atoms with Gasteiger partial charge < -0.3 is 14.6 Å². The Hall–Kier alpha value is -1.78. The summed E-state index contributed by atoms with van der Waals surface area (Å²) in [7, 11) is 0. The van der Waals surface area contributed by atoms with Gasteiger partial charge in [0.05, 0.1) is 24.2 Å². The zero-order valence-electron chi connectivity index (χ0n) is 11.2. The van der Waals surface area contributed by atoms with Gasteiger partial charge in [0.15, 0.2) is 11.5 Å². The van der Waals surface area contributed by atoms with Crippen molar-refractivity contribution in [2.75, 3.05) is 13.2 Å². The van der Waals surface area contributed by atoms with E-state index in [4.69, 9.17) is 9.47 Å². The third-order valence-corrected chi connectivity index (χ3v) is 4.21. The van der Waals surface area contributed by atoms with Crippen LogP contribution in [0.3, 0.4) is 0 Å². The van der Waals surface area contributed by atoms with Crippen LogP contribution in [-0.2, 0) is 10.2 Å². The Balaban J connectivity index is 2.19. The van der Waals surface area contributed by atoms with E-state index in [0.29, 0.717) is 38.2 Å². The highest BCUT2D eigenvalue weighted by molar-refractivity contribution is 5.83. The van der Waals surface area contributed by atoms with Crippen LogP contribution >= 0.6 is 0 Å². The summed E-state index contributed by atoms with van der Waals surface area (Å²) in [6.45, 7) is 0.914. The minimum absolute atomic E-state index is 0.168. The van der Waals surface area contributed by atoms with Crippen molar-refractivity contribution in [3.63, 3.8) is 0 Å². The lowest BCUT2D eigenvalue weighted by atomic mass is 9.78. The number of carboxylic acids is 1. The minimum Gasteiger partial charge on any atom is -0.490 e. The smallest absolute Gasteiger partial charge is 0.314 e. The molecule has 0 unspecified atom stereocenters. The fourth-order valence-corrected chi connectivity index (χ4v) is 3.21. The fourth-order valence-electron chi connectivity index (χ4n) is 3.21. The number of benzene rings is 1. The summed E-state index contributed by atoms with van der Waals surface area (Å²) in [4.78, 5) is 11.8. The first-order chi connectivity index (χ1) is 9.65. The van der Waals surface area contributed by atoms with Gasteiger partial charge in [-0.25, -0.2) is 4.39 Å². The molecule has 5 heteroatoms. The van der Waals surface area contributed by atoms with Gasteiger partial charge in [-0.2, -0.15) is 0 Å². The fraction of sp³-hybridized carbons (Fsp3) is 0.533. The molecular weight excluding hydrogens is 263 g/mol. The van der Waals surface area contributed by atoms with Crippen molar-refractivity contribution in [3.05, 3.63) is 23.5 Å². The average molecular weight is 280 g/mol. The summed E-state index contributed by atoms with van der Waals surface area (Å²) in [6, 6.07) is 2.80. The Morgan fingerprint density at radius 2 is 1.85 bits per heavy atom. The van der Waals surface area contributed by atoms with E-state index in [1.807, 2.05) is 0 Å². The Morgan fingerprint density at radius 1 is 1.15 bits per heavy atom. The SMILES string of the molecule is O=C(O)C1(c2c(F)ccc3c2OCCCO3)CCCC1. The Morgan fingerprint density at radius 3 is 2.55 bits per heavy atom. The topological polar surface area (TPSA) is 55.8 Å². The number of halogens is 1. The number of carboxylic acid groups (broad SMARTS) is 1. The minimum atomic E-state index is -1.18. The standard InChI is InChI=1S/C15H17FO4/c16-10-4-5-11-13(20-9-3-8-19-11)12(10)15(14(17)18)6-1-2-7-15/h4-5H,1-3,6-9H2,(H,17,18). The maximum absolute atomic E-state index is 14.4. The molecular formula is C15H17FO4. The first kappa shape index (κ1) is 13.2. The molecule has 0 spiro atoms. The average Bonchev–Trinajstić information content (AvgIpc) is 2.79. The van der Waals surface area contributed by atoms with Crippen LogP contribution in [0.2, 0.25) is 0 Å². The second-order valence-corrected chi connectivity index (χ2v) is 5.39. The van der Waals surface area contributed by atoms with E-state index in [2.05, 4.69) is 0 Å². The molecule has 3 rings (SSSR count). The normalized spacial score (nSPS) is 20.4. The van der Waals surface area contributed by atoms with Crippen molar-refractivity contribution in [2.45, 2.75) is 37.5 Å². The van der Waals surface area contributed by atoms with Crippen LogP contribution in [0.5, 0.6) is 11.5 Å². The molecule has 0 aromatic heterocycles. The van der Waals surface area contributed by atoms with Crippen molar-refractivity contribution >= 4 is 5.97 Å². The Kier molecular flexibility index (Phi) is 3.28. The van der Waals surface area contributed by atoms with Crippen molar-refractivity contribution in [1.29, 1.82) is 0 Å². The summed E-state index contributed by atoms with van der Waals surface area (Å²) in [6.07, 6.45) is 3.17. The quantitative estimate of drug-likeness (QED) is 0.905. The molecule has 2 aliphatic rings. The largest absolute Gasteiger partial charge is 0.490 e. The molecule has 1 heterocycles. The predicted octanol–water partition coefficient (Wildman–Crippen LogP) is 2.88. The van der Waals surface area contributed by atoms with Crippen LogP contribution in [0.15, 0.2) is 12.1 Å². The molecule has 1 aromatic carbocycles. The molecule has 108 valence electrons. The number of aliphatic carboxylic acids is 1. The molecule has 0 saturated heterocycles. The summed E-state index contributed by atoms with van der Waals surface area (Å²) >= 11 is 0. The number of hydrogen-bond donors (Lipinski definition) is 1. The lowest BCUT2D eigenvalue weighted by molar-refractivity contribution is -0.143. The highest BCUT2D eigenvalue weighted by Gasteiger charge is 2.47. The van der Waals surface area contributed by atoms with Gasteiger partial charge in [0.25, 0.3) is 0 Å². The van der Waals surface area contributed by atoms with Crippen molar-refractivity contribution in [2.24, 2.45) is 0 Å². The monoisotopic (exact) mass is 280 g/mol. The Bertz CT molecular complexity index is 535. The van der Waals surface area contributed by atoms with Gasteiger partial charge in [0, 0.05) is 6.42 Å². The molecule has 1 aliphatic carbocycles. The summed E-state index contributed by atoms with van der Waals surface area (Å²) < 4.78 is 25.5. The molecule has 1 aromatic rings. The van der Waals surface area contributed by atoms with Gasteiger partial charge in [-0.15, -0.1) is 0 Å². The lowest BCUT2D eigenvalue weighted by Crippen LogP contribution is -2.34. The highest BCUT2D eigenvalue weighted by Crippen LogP contribution is 2.49. The van der Waals surface area contributed by atoms with Gasteiger partial charge in [-0.3, -0.25) is 4.79 Å². The molecule has 1 aliphatic heterocycles. The van der Waals surface area contributed by atoms with Crippen LogP contribution in [0.25, 0.3) is 0 Å².